The molecule has 5 heteroatoms. The summed E-state index contributed by atoms with van der Waals surface area (Å²) >= 11 is 6.81. The summed E-state index contributed by atoms with van der Waals surface area (Å²) in [4.78, 5) is 35.9. The van der Waals surface area contributed by atoms with Crippen LogP contribution in [0.15, 0.2) is 23.3 Å². The zero-order valence-electron chi connectivity index (χ0n) is 16.9. The second-order valence-electron chi connectivity index (χ2n) is 9.56. The average Bonchev–Trinajstić information content (AvgIpc) is 2.99. The Balaban J connectivity index is 1.65. The molecule has 4 nitrogen and oxygen atoms in total. The van der Waals surface area contributed by atoms with Crippen molar-refractivity contribution < 1.29 is 19.1 Å². The highest BCUT2D eigenvalue weighted by molar-refractivity contribution is 6.23. The van der Waals surface area contributed by atoms with Gasteiger partial charge in [-0.25, -0.2) is 0 Å². The van der Waals surface area contributed by atoms with Crippen molar-refractivity contribution in [3.63, 3.8) is 0 Å². The SMILES string of the molecule is CC(=O)OCC(=O)C1CCC2C3CC(Cl)C4=CC(=O)CCC4(C)C3=CCC12C. The quantitative estimate of drug-likeness (QED) is 0.397. The molecule has 4 aliphatic rings. The molecule has 0 aromatic rings. The van der Waals surface area contributed by atoms with Gasteiger partial charge in [0, 0.05) is 24.7 Å². The largest absolute Gasteiger partial charge is 0.458 e. The molecule has 6 unspecified atom stereocenters. The number of ketones is 2. The monoisotopic (exact) mass is 404 g/mol. The summed E-state index contributed by atoms with van der Waals surface area (Å²) in [6, 6.07) is 0. The van der Waals surface area contributed by atoms with Crippen LogP contribution in [0.3, 0.4) is 0 Å². The van der Waals surface area contributed by atoms with Crippen LogP contribution in [0.25, 0.3) is 0 Å². The van der Waals surface area contributed by atoms with Crippen LogP contribution in [-0.2, 0) is 19.1 Å². The van der Waals surface area contributed by atoms with E-state index >= 15 is 0 Å². The van der Waals surface area contributed by atoms with Crippen LogP contribution < -0.4 is 0 Å². The van der Waals surface area contributed by atoms with Gasteiger partial charge in [-0.05, 0) is 61.0 Å². The second kappa shape index (κ2) is 6.83. The normalized spacial score (nSPS) is 41.9. The van der Waals surface area contributed by atoms with E-state index in [2.05, 4.69) is 19.9 Å². The first-order chi connectivity index (χ1) is 13.2. The zero-order chi connectivity index (χ0) is 20.3. The van der Waals surface area contributed by atoms with Crippen LogP contribution in [0.5, 0.6) is 0 Å². The molecule has 0 amide bonds. The highest BCUT2D eigenvalue weighted by atomic mass is 35.5. The summed E-state index contributed by atoms with van der Waals surface area (Å²) in [5.41, 5.74) is 2.31. The van der Waals surface area contributed by atoms with E-state index in [9.17, 15) is 14.4 Å². The summed E-state index contributed by atoms with van der Waals surface area (Å²) < 4.78 is 5.00. The van der Waals surface area contributed by atoms with E-state index in [1.54, 1.807) is 6.08 Å². The molecule has 0 heterocycles. The van der Waals surface area contributed by atoms with Crippen molar-refractivity contribution in [3.8, 4) is 0 Å². The molecule has 0 aromatic carbocycles. The lowest BCUT2D eigenvalue weighted by molar-refractivity contribution is -0.148. The zero-order valence-corrected chi connectivity index (χ0v) is 17.7. The smallest absolute Gasteiger partial charge is 0.303 e. The predicted octanol–water partition coefficient (Wildman–Crippen LogP) is 4.40. The molecule has 0 N–H and O–H groups in total. The van der Waals surface area contributed by atoms with Crippen LogP contribution in [0.2, 0.25) is 0 Å². The van der Waals surface area contributed by atoms with Crippen LogP contribution in [0.4, 0.5) is 0 Å². The molecule has 6 atom stereocenters. The lowest BCUT2D eigenvalue weighted by Crippen LogP contribution is -2.48. The fraction of sp³-hybridized carbons (Fsp3) is 0.696. The molecule has 2 fully saturated rings. The minimum Gasteiger partial charge on any atom is -0.458 e. The van der Waals surface area contributed by atoms with Crippen molar-refractivity contribution in [1.29, 1.82) is 0 Å². The van der Waals surface area contributed by atoms with Gasteiger partial charge in [-0.1, -0.05) is 25.5 Å². The first-order valence-corrected chi connectivity index (χ1v) is 10.9. The van der Waals surface area contributed by atoms with Gasteiger partial charge in [-0.3, -0.25) is 14.4 Å². The number of carbonyl (C=O) groups excluding carboxylic acids is 3. The molecule has 0 saturated heterocycles. The van der Waals surface area contributed by atoms with E-state index in [-0.39, 0.29) is 40.3 Å². The maximum absolute atomic E-state index is 12.8. The number of rotatable bonds is 3. The van der Waals surface area contributed by atoms with Crippen molar-refractivity contribution in [3.05, 3.63) is 23.3 Å². The molecule has 4 rings (SSSR count). The highest BCUT2D eigenvalue weighted by Crippen LogP contribution is 2.65. The fourth-order valence-electron chi connectivity index (χ4n) is 6.66. The number of halogens is 1. The Kier molecular flexibility index (Phi) is 4.85. The summed E-state index contributed by atoms with van der Waals surface area (Å²) in [6.45, 7) is 5.70. The van der Waals surface area contributed by atoms with Gasteiger partial charge in [0.25, 0.3) is 0 Å². The number of allylic oxidation sites excluding steroid dienone is 4. The van der Waals surface area contributed by atoms with Crippen LogP contribution in [-0.4, -0.2) is 29.5 Å². The first-order valence-electron chi connectivity index (χ1n) is 10.4. The van der Waals surface area contributed by atoms with Gasteiger partial charge in [-0.2, -0.15) is 0 Å². The van der Waals surface area contributed by atoms with Gasteiger partial charge in [0.2, 0.25) is 0 Å². The van der Waals surface area contributed by atoms with Crippen LogP contribution in [0.1, 0.15) is 59.3 Å². The highest BCUT2D eigenvalue weighted by Gasteiger charge is 2.58. The first kappa shape index (κ1) is 19.9. The van der Waals surface area contributed by atoms with Gasteiger partial charge in [0.05, 0.1) is 5.38 Å². The standard InChI is InChI=1S/C23H29ClO4/c1-13(25)28-12-21(27)18-5-4-16-15-11-20(24)19-10-14(26)6-8-23(19,3)17(15)7-9-22(16,18)2/h7,10,15-16,18,20H,4-6,8-9,11-12H2,1-3H3. The Bertz CT molecular complexity index is 796. The minimum absolute atomic E-state index is 0.0466. The fourth-order valence-corrected chi connectivity index (χ4v) is 7.16. The Hall–Kier alpha value is -1.42. The van der Waals surface area contributed by atoms with E-state index in [4.69, 9.17) is 16.3 Å². The number of hydrogen-bond acceptors (Lipinski definition) is 4. The van der Waals surface area contributed by atoms with Gasteiger partial charge in [0.1, 0.15) is 6.61 Å². The summed E-state index contributed by atoms with van der Waals surface area (Å²) in [5.74, 6) is 0.538. The van der Waals surface area contributed by atoms with Crippen molar-refractivity contribution in [2.75, 3.05) is 6.61 Å². The average molecular weight is 405 g/mol. The molecular weight excluding hydrogens is 376 g/mol. The van der Waals surface area contributed by atoms with Gasteiger partial charge < -0.3 is 4.74 Å². The third-order valence-electron chi connectivity index (χ3n) is 8.12. The second-order valence-corrected chi connectivity index (χ2v) is 10.1. The molecule has 4 aliphatic carbocycles. The van der Waals surface area contributed by atoms with Crippen molar-refractivity contribution in [2.24, 2.45) is 28.6 Å². The number of ether oxygens (including phenoxy) is 1. The Morgan fingerprint density at radius 2 is 2.00 bits per heavy atom. The molecule has 0 aromatic heterocycles. The van der Waals surface area contributed by atoms with E-state index in [1.165, 1.54) is 12.5 Å². The number of alkyl halides is 1. The molecule has 0 radical (unpaired) electrons. The topological polar surface area (TPSA) is 60.4 Å². The molecule has 0 spiro atoms. The van der Waals surface area contributed by atoms with Gasteiger partial charge >= 0.3 is 5.97 Å². The van der Waals surface area contributed by atoms with E-state index in [1.807, 2.05) is 0 Å². The van der Waals surface area contributed by atoms with E-state index in [0.29, 0.717) is 18.3 Å². The number of hydrogen-bond donors (Lipinski definition) is 0. The number of fused-ring (bicyclic) bond motifs is 5. The Morgan fingerprint density at radius 3 is 2.71 bits per heavy atom. The third kappa shape index (κ3) is 2.91. The maximum atomic E-state index is 12.8. The maximum Gasteiger partial charge on any atom is 0.303 e. The predicted molar refractivity (Wildman–Crippen MR) is 107 cm³/mol. The van der Waals surface area contributed by atoms with Gasteiger partial charge in [-0.15, -0.1) is 11.6 Å². The molecule has 2 saturated carbocycles. The molecule has 152 valence electrons. The Morgan fingerprint density at radius 1 is 1.25 bits per heavy atom. The van der Waals surface area contributed by atoms with Gasteiger partial charge in [0.15, 0.2) is 11.6 Å². The van der Waals surface area contributed by atoms with Crippen LogP contribution >= 0.6 is 11.6 Å². The minimum atomic E-state index is -0.407. The molecule has 28 heavy (non-hydrogen) atoms. The molecule has 0 bridgehead atoms. The number of Topliss-reactive ketones (excluding diaryl/α,β-unsaturated/α-hetero) is 1. The lowest BCUT2D eigenvalue weighted by Gasteiger charge is -2.54. The van der Waals surface area contributed by atoms with Crippen molar-refractivity contribution in [1.82, 2.24) is 0 Å². The van der Waals surface area contributed by atoms with Crippen molar-refractivity contribution >= 4 is 29.1 Å². The summed E-state index contributed by atoms with van der Waals surface area (Å²) in [7, 11) is 0. The third-order valence-corrected chi connectivity index (χ3v) is 8.54. The number of esters is 1. The van der Waals surface area contributed by atoms with Crippen molar-refractivity contribution in [2.45, 2.75) is 64.7 Å². The van der Waals surface area contributed by atoms with E-state index in [0.717, 1.165) is 37.7 Å². The molecule has 0 aliphatic heterocycles. The summed E-state index contributed by atoms with van der Waals surface area (Å²) in [6.07, 6.45) is 9.13. The lowest BCUT2D eigenvalue weighted by atomic mass is 9.51. The Labute approximate surface area is 171 Å². The molecular formula is C23H29ClO4. The number of carbonyl (C=O) groups is 3. The van der Waals surface area contributed by atoms with E-state index < -0.39 is 5.97 Å². The van der Waals surface area contributed by atoms with Crippen LogP contribution in [0, 0.1) is 28.6 Å². The summed E-state index contributed by atoms with van der Waals surface area (Å²) in [5, 5.41) is -0.116.